The summed E-state index contributed by atoms with van der Waals surface area (Å²) in [6.07, 6.45) is 5.78. The smallest absolute Gasteiger partial charge is 0.217 e. The molecule has 0 aliphatic carbocycles. The van der Waals surface area contributed by atoms with Crippen LogP contribution < -0.4 is 10.6 Å². The molecule has 0 aromatic heterocycles. The van der Waals surface area contributed by atoms with Gasteiger partial charge in [-0.2, -0.15) is 0 Å². The highest BCUT2D eigenvalue weighted by Crippen LogP contribution is 1.91. The van der Waals surface area contributed by atoms with Crippen LogP contribution in [0.3, 0.4) is 0 Å². The number of ether oxygens (including phenoxy) is 1. The lowest BCUT2D eigenvalue weighted by Gasteiger charge is -2.09. The molecule has 0 aliphatic heterocycles. The topological polar surface area (TPSA) is 67.4 Å². The highest BCUT2D eigenvalue weighted by atomic mass is 16.5. The van der Waals surface area contributed by atoms with Crippen LogP contribution in [0.5, 0.6) is 0 Å². The third-order valence-electron chi connectivity index (χ3n) is 1.85. The Labute approximate surface area is 115 Å². The number of hydrogen-bond acceptors (Lipinski definition) is 3. The number of hydrogen-bond donors (Lipinski definition) is 2. The molecule has 0 heterocycles. The lowest BCUT2D eigenvalue weighted by molar-refractivity contribution is -0.119. The molecule has 1 unspecified atom stereocenters. The van der Waals surface area contributed by atoms with E-state index in [0.717, 1.165) is 5.57 Å². The van der Waals surface area contributed by atoms with Gasteiger partial charge in [0, 0.05) is 26.6 Å². The zero-order valence-electron chi connectivity index (χ0n) is 11.9. The number of carbonyl (C=O) groups excluding carboxylic acids is 2. The van der Waals surface area contributed by atoms with Crippen molar-refractivity contribution in [2.24, 2.45) is 0 Å². The highest BCUT2D eigenvalue weighted by Gasteiger charge is 1.99. The van der Waals surface area contributed by atoms with Gasteiger partial charge in [0.15, 0.2) is 0 Å². The lowest BCUT2D eigenvalue weighted by Crippen LogP contribution is -2.33. The molecule has 5 heteroatoms. The predicted molar refractivity (Wildman–Crippen MR) is 77.7 cm³/mol. The molecule has 5 nitrogen and oxygen atoms in total. The Bertz CT molecular complexity index is 312. The van der Waals surface area contributed by atoms with Crippen LogP contribution in [0.25, 0.3) is 0 Å². The monoisotopic (exact) mass is 268 g/mol. The van der Waals surface area contributed by atoms with Crippen LogP contribution in [-0.2, 0) is 14.3 Å². The maximum atomic E-state index is 10.4. The SMILES string of the molecule is C=C/C=C(\C=C)CNC=O.COCC(C)NC(C)=O. The Hall–Kier alpha value is -1.88. The van der Waals surface area contributed by atoms with Crippen molar-refractivity contribution in [1.82, 2.24) is 10.6 Å². The van der Waals surface area contributed by atoms with E-state index in [-0.39, 0.29) is 11.9 Å². The summed E-state index contributed by atoms with van der Waals surface area (Å²) in [4.78, 5) is 20.2. The van der Waals surface area contributed by atoms with E-state index >= 15 is 0 Å². The van der Waals surface area contributed by atoms with Crippen molar-refractivity contribution in [2.75, 3.05) is 20.3 Å². The second kappa shape index (κ2) is 14.2. The lowest BCUT2D eigenvalue weighted by atomic mass is 10.2. The summed E-state index contributed by atoms with van der Waals surface area (Å²) in [6.45, 7) is 11.5. The summed E-state index contributed by atoms with van der Waals surface area (Å²) in [7, 11) is 1.61. The summed E-state index contributed by atoms with van der Waals surface area (Å²) < 4.78 is 4.79. The van der Waals surface area contributed by atoms with Gasteiger partial charge in [0.1, 0.15) is 0 Å². The molecule has 19 heavy (non-hydrogen) atoms. The molecular weight excluding hydrogens is 244 g/mol. The minimum atomic E-state index is -0.0143. The molecule has 0 saturated carbocycles. The van der Waals surface area contributed by atoms with Crippen LogP contribution in [-0.4, -0.2) is 38.6 Å². The van der Waals surface area contributed by atoms with Gasteiger partial charge in [-0.15, -0.1) is 0 Å². The molecule has 2 N–H and O–H groups in total. The van der Waals surface area contributed by atoms with Crippen molar-refractivity contribution >= 4 is 12.3 Å². The third-order valence-corrected chi connectivity index (χ3v) is 1.85. The first-order chi connectivity index (χ1) is 9.01. The Morgan fingerprint density at radius 3 is 2.42 bits per heavy atom. The first kappa shape index (κ1) is 19.5. The van der Waals surface area contributed by atoms with Gasteiger partial charge in [-0.25, -0.2) is 0 Å². The van der Waals surface area contributed by atoms with Crippen LogP contribution in [0.2, 0.25) is 0 Å². The third kappa shape index (κ3) is 16.1. The standard InChI is InChI=1S/C8H11NO.C6H13NO2/c1-3-5-8(4-2)6-9-7-10;1-5(4-9-3)7-6(2)8/h3-5,7H,1-2,6H2,(H,9,10);5H,4H2,1-3H3,(H,7,8)/b8-5+;. The molecule has 108 valence electrons. The maximum Gasteiger partial charge on any atom is 0.217 e. The quantitative estimate of drug-likeness (QED) is 0.513. The number of carbonyl (C=O) groups is 2. The van der Waals surface area contributed by atoms with Crippen LogP contribution >= 0.6 is 0 Å². The fraction of sp³-hybridized carbons (Fsp3) is 0.429. The normalized spacial score (nSPS) is 11.4. The molecular formula is C14H24N2O3. The second-order valence-corrected chi connectivity index (χ2v) is 3.74. The van der Waals surface area contributed by atoms with Gasteiger partial charge in [0.2, 0.25) is 12.3 Å². The summed E-state index contributed by atoms with van der Waals surface area (Å²) in [6, 6.07) is 0.118. The molecule has 0 radical (unpaired) electrons. The predicted octanol–water partition coefficient (Wildman–Crippen LogP) is 1.19. The van der Waals surface area contributed by atoms with Gasteiger partial charge in [-0.3, -0.25) is 9.59 Å². The van der Waals surface area contributed by atoms with Crippen LogP contribution in [0.4, 0.5) is 0 Å². The summed E-state index contributed by atoms with van der Waals surface area (Å²) in [5, 5.41) is 5.20. The minimum Gasteiger partial charge on any atom is -0.383 e. The van der Waals surface area contributed by atoms with Gasteiger partial charge in [0.05, 0.1) is 6.61 Å². The van der Waals surface area contributed by atoms with Gasteiger partial charge in [-0.05, 0) is 12.5 Å². The molecule has 0 aliphatic rings. The highest BCUT2D eigenvalue weighted by molar-refractivity contribution is 5.73. The first-order valence-corrected chi connectivity index (χ1v) is 5.88. The summed E-state index contributed by atoms with van der Waals surface area (Å²) in [5.74, 6) is -0.0143. The number of amides is 2. The van der Waals surface area contributed by atoms with Gasteiger partial charge < -0.3 is 15.4 Å². The Kier molecular flexibility index (Phi) is 14.5. The number of methoxy groups -OCH3 is 1. The van der Waals surface area contributed by atoms with Crippen molar-refractivity contribution in [1.29, 1.82) is 0 Å². The number of allylic oxidation sites excluding steroid dienone is 2. The van der Waals surface area contributed by atoms with Crippen LogP contribution in [0.15, 0.2) is 37.0 Å². The van der Waals surface area contributed by atoms with Crippen molar-refractivity contribution < 1.29 is 14.3 Å². The summed E-state index contributed by atoms with van der Waals surface area (Å²) in [5.41, 5.74) is 0.946. The molecule has 0 aromatic rings. The molecule has 0 rings (SSSR count). The van der Waals surface area contributed by atoms with E-state index in [2.05, 4.69) is 23.8 Å². The maximum absolute atomic E-state index is 10.4. The first-order valence-electron chi connectivity index (χ1n) is 5.88. The van der Waals surface area contributed by atoms with E-state index in [0.29, 0.717) is 19.6 Å². The summed E-state index contributed by atoms with van der Waals surface area (Å²) >= 11 is 0. The van der Waals surface area contributed by atoms with E-state index in [4.69, 9.17) is 4.74 Å². The van der Waals surface area contributed by atoms with E-state index in [1.165, 1.54) is 6.92 Å². The minimum absolute atomic E-state index is 0.0143. The zero-order valence-corrected chi connectivity index (χ0v) is 11.9. The molecule has 0 bridgehead atoms. The van der Waals surface area contributed by atoms with Crippen molar-refractivity contribution in [3.05, 3.63) is 37.0 Å². The number of nitrogens with one attached hydrogen (secondary N) is 2. The van der Waals surface area contributed by atoms with Gasteiger partial charge in [0.25, 0.3) is 0 Å². The molecule has 0 saturated heterocycles. The number of rotatable bonds is 8. The largest absolute Gasteiger partial charge is 0.383 e. The Morgan fingerprint density at radius 2 is 2.05 bits per heavy atom. The van der Waals surface area contributed by atoms with Crippen LogP contribution in [0, 0.1) is 0 Å². The van der Waals surface area contributed by atoms with Crippen molar-refractivity contribution in [3.63, 3.8) is 0 Å². The fourth-order valence-corrected chi connectivity index (χ4v) is 1.15. The molecule has 2 amide bonds. The Morgan fingerprint density at radius 1 is 1.42 bits per heavy atom. The van der Waals surface area contributed by atoms with E-state index < -0.39 is 0 Å². The van der Waals surface area contributed by atoms with Gasteiger partial charge >= 0.3 is 0 Å². The average molecular weight is 268 g/mol. The molecule has 0 spiro atoms. The zero-order chi connectivity index (χ0) is 15.1. The molecule has 0 aromatic carbocycles. The molecule has 1 atom stereocenters. The van der Waals surface area contributed by atoms with Crippen molar-refractivity contribution in [2.45, 2.75) is 19.9 Å². The van der Waals surface area contributed by atoms with Crippen molar-refractivity contribution in [3.8, 4) is 0 Å². The van der Waals surface area contributed by atoms with Gasteiger partial charge in [-0.1, -0.05) is 31.4 Å². The van der Waals surface area contributed by atoms with Crippen LogP contribution in [0.1, 0.15) is 13.8 Å². The van der Waals surface area contributed by atoms with E-state index in [9.17, 15) is 9.59 Å². The van der Waals surface area contributed by atoms with E-state index in [1.807, 2.05) is 6.92 Å². The molecule has 0 fully saturated rings. The average Bonchev–Trinajstić information content (AvgIpc) is 2.34. The fourth-order valence-electron chi connectivity index (χ4n) is 1.15. The Balaban J connectivity index is 0. The van der Waals surface area contributed by atoms with E-state index in [1.54, 1.807) is 25.3 Å². The second-order valence-electron chi connectivity index (χ2n) is 3.74.